The fourth-order valence-corrected chi connectivity index (χ4v) is 7.31. The summed E-state index contributed by atoms with van der Waals surface area (Å²) in [5, 5.41) is 1.56. The minimum Gasteiger partial charge on any atom is -0.313 e. The maximum Gasteiger partial charge on any atom is 0.163 e. The van der Waals surface area contributed by atoms with E-state index in [2.05, 4.69) is 0 Å². The normalized spacial score (nSPS) is 12.3. The molecule has 0 bridgehead atoms. The van der Waals surface area contributed by atoms with Crippen molar-refractivity contribution in [3.8, 4) is 0 Å². The average molecular weight is 439 g/mol. The zero-order valence-electron chi connectivity index (χ0n) is 18.4. The molecule has 0 saturated carbocycles. The second kappa shape index (κ2) is 9.51. The van der Waals surface area contributed by atoms with Gasteiger partial charge in [0.05, 0.1) is 5.66 Å². The van der Waals surface area contributed by atoms with Gasteiger partial charge in [-0.05, 0) is 19.4 Å². The number of rotatable bonds is 7. The van der Waals surface area contributed by atoms with Crippen LogP contribution in [0, 0.1) is 13.8 Å². The summed E-state index contributed by atoms with van der Waals surface area (Å²) in [6, 6.07) is 34.9. The van der Waals surface area contributed by atoms with Crippen molar-refractivity contribution < 1.29 is 9.36 Å². The summed E-state index contributed by atoms with van der Waals surface area (Å²) >= 11 is 0. The minimum atomic E-state index is -3.19. The van der Waals surface area contributed by atoms with E-state index in [9.17, 15) is 4.79 Å². The van der Waals surface area contributed by atoms with E-state index in [4.69, 9.17) is 0 Å². The lowest BCUT2D eigenvalue weighted by atomic mass is 10.0. The van der Waals surface area contributed by atoms with Crippen molar-refractivity contribution in [2.24, 2.45) is 0 Å². The van der Waals surface area contributed by atoms with Gasteiger partial charge in [0.1, 0.15) is 0 Å². The first kappa shape index (κ1) is 22.0. The topological polar surface area (TPSA) is 34.1 Å². The van der Waals surface area contributed by atoms with E-state index in [1.807, 2.05) is 123 Å². The van der Waals surface area contributed by atoms with E-state index in [-0.39, 0.29) is 12.2 Å². The number of carbonyl (C=O) groups excluding carboxylic acids is 1. The summed E-state index contributed by atoms with van der Waals surface area (Å²) in [5.41, 5.74) is 3.33. The molecule has 4 aromatic rings. The first-order valence-corrected chi connectivity index (χ1v) is 12.6. The Hall–Kier alpha value is -3.22. The lowest BCUT2D eigenvalue weighted by Gasteiger charge is -2.29. The Labute approximate surface area is 190 Å². The lowest BCUT2D eigenvalue weighted by molar-refractivity contribution is 0.0981. The number of aryl methyl sites for hydroxylation is 2. The Morgan fingerprint density at radius 2 is 1.09 bits per heavy atom. The predicted molar refractivity (Wildman–Crippen MR) is 134 cm³/mol. The van der Waals surface area contributed by atoms with Gasteiger partial charge in [-0.15, -0.1) is 0 Å². The number of ketones is 1. The molecule has 160 valence electrons. The Balaban J connectivity index is 1.90. The Bertz CT molecular complexity index is 1180. The van der Waals surface area contributed by atoms with Gasteiger partial charge in [-0.1, -0.05) is 120 Å². The Morgan fingerprint density at radius 1 is 0.656 bits per heavy atom. The molecule has 4 rings (SSSR count). The summed E-state index contributed by atoms with van der Waals surface area (Å²) in [6.07, 6.45) is 0.174. The third kappa shape index (κ3) is 4.52. The molecule has 3 heteroatoms. The number of Topliss-reactive ketones (excluding diaryl/α,β-unsaturated/α-hetero) is 1. The van der Waals surface area contributed by atoms with Crippen LogP contribution in [0.25, 0.3) is 0 Å². The molecule has 1 unspecified atom stereocenters. The van der Waals surface area contributed by atoms with Crippen LogP contribution in [-0.4, -0.2) is 5.78 Å². The largest absolute Gasteiger partial charge is 0.313 e. The number of benzene rings is 4. The second-order valence-electron chi connectivity index (χ2n) is 8.25. The molecule has 2 nitrogen and oxygen atoms in total. The van der Waals surface area contributed by atoms with Gasteiger partial charge in [0.15, 0.2) is 12.9 Å². The van der Waals surface area contributed by atoms with E-state index in [0.717, 1.165) is 27.3 Å². The van der Waals surface area contributed by atoms with E-state index in [1.165, 1.54) is 0 Å². The van der Waals surface area contributed by atoms with Crippen molar-refractivity contribution in [3.63, 3.8) is 0 Å². The van der Waals surface area contributed by atoms with Gasteiger partial charge in [0, 0.05) is 22.6 Å². The predicted octanol–water partition coefficient (Wildman–Crippen LogP) is 6.63. The number of carbonyl (C=O) groups is 1. The quantitative estimate of drug-likeness (QED) is 0.240. The number of hydrogen-bond donors (Lipinski definition) is 0. The van der Waals surface area contributed by atoms with E-state index in [0.29, 0.717) is 5.56 Å². The van der Waals surface area contributed by atoms with E-state index in [1.54, 1.807) is 0 Å². The van der Waals surface area contributed by atoms with E-state index < -0.39 is 12.8 Å². The first-order valence-electron chi connectivity index (χ1n) is 10.9. The van der Waals surface area contributed by atoms with Crippen molar-refractivity contribution in [1.82, 2.24) is 0 Å². The molecule has 0 aromatic heterocycles. The average Bonchev–Trinajstić information content (AvgIpc) is 2.84. The molecule has 1 atom stereocenters. The summed E-state index contributed by atoms with van der Waals surface area (Å²) in [5.74, 6) is -0.00102. The molecule has 0 radical (unpaired) electrons. The molecule has 0 spiro atoms. The maximum absolute atomic E-state index is 15.2. The molecule has 0 heterocycles. The van der Waals surface area contributed by atoms with Crippen LogP contribution in [0.5, 0.6) is 0 Å². The smallest absolute Gasteiger partial charge is 0.163 e. The summed E-state index contributed by atoms with van der Waals surface area (Å²) in [6.45, 7) is 4.04. The summed E-state index contributed by atoms with van der Waals surface area (Å²) < 4.78 is 15.2. The number of hydrogen-bond acceptors (Lipinski definition) is 2. The van der Waals surface area contributed by atoms with Crippen LogP contribution < -0.4 is 10.6 Å². The first-order chi connectivity index (χ1) is 15.5. The molecular weight excluding hydrogens is 411 g/mol. The molecule has 0 saturated heterocycles. The Kier molecular flexibility index (Phi) is 6.53. The SMILES string of the molecule is Cc1ccc(P(=O)(c2ccc(C)cc2)C(CC(=O)c2ccccc2)c2ccccc2)cc1. The molecular formula is C29H27O2P. The van der Waals surface area contributed by atoms with Gasteiger partial charge in [0.2, 0.25) is 0 Å². The molecule has 0 aliphatic rings. The van der Waals surface area contributed by atoms with Gasteiger partial charge in [0.25, 0.3) is 0 Å². The molecule has 32 heavy (non-hydrogen) atoms. The van der Waals surface area contributed by atoms with Gasteiger partial charge < -0.3 is 4.57 Å². The molecule has 0 N–H and O–H groups in total. The van der Waals surface area contributed by atoms with Crippen molar-refractivity contribution in [2.75, 3.05) is 0 Å². The van der Waals surface area contributed by atoms with Crippen LogP contribution in [0.15, 0.2) is 109 Å². The molecule has 0 fully saturated rings. The highest BCUT2D eigenvalue weighted by Crippen LogP contribution is 2.59. The summed E-state index contributed by atoms with van der Waals surface area (Å²) in [4.78, 5) is 13.3. The molecule has 0 amide bonds. The Morgan fingerprint density at radius 3 is 1.56 bits per heavy atom. The molecule has 0 aliphatic carbocycles. The fourth-order valence-electron chi connectivity index (χ4n) is 4.09. The van der Waals surface area contributed by atoms with Gasteiger partial charge in [-0.25, -0.2) is 0 Å². The molecule has 0 aliphatic heterocycles. The van der Waals surface area contributed by atoms with Crippen molar-refractivity contribution >= 4 is 23.5 Å². The zero-order valence-corrected chi connectivity index (χ0v) is 19.3. The highest BCUT2D eigenvalue weighted by Gasteiger charge is 2.39. The van der Waals surface area contributed by atoms with Crippen LogP contribution in [0.2, 0.25) is 0 Å². The highest BCUT2D eigenvalue weighted by atomic mass is 31.2. The third-order valence-corrected chi connectivity index (χ3v) is 9.42. The summed E-state index contributed by atoms with van der Waals surface area (Å²) in [7, 11) is -3.19. The minimum absolute atomic E-state index is 0.00102. The van der Waals surface area contributed by atoms with Gasteiger partial charge in [-0.2, -0.15) is 0 Å². The standard InChI is InChI=1S/C29H27O2P/c1-22-13-17-26(18-14-22)32(31,27-19-15-23(2)16-20-27)29(25-11-7-4-8-12-25)21-28(30)24-9-5-3-6-10-24/h3-20,29H,21H2,1-2H3. The van der Waals surface area contributed by atoms with Crippen LogP contribution in [0.3, 0.4) is 0 Å². The fraction of sp³-hybridized carbons (Fsp3) is 0.138. The van der Waals surface area contributed by atoms with Gasteiger partial charge >= 0.3 is 0 Å². The van der Waals surface area contributed by atoms with Crippen LogP contribution in [-0.2, 0) is 4.57 Å². The van der Waals surface area contributed by atoms with Gasteiger partial charge in [-0.3, -0.25) is 4.79 Å². The molecule has 4 aromatic carbocycles. The monoisotopic (exact) mass is 438 g/mol. The van der Waals surface area contributed by atoms with E-state index >= 15 is 4.57 Å². The van der Waals surface area contributed by atoms with Crippen molar-refractivity contribution in [3.05, 3.63) is 131 Å². The maximum atomic E-state index is 15.2. The van der Waals surface area contributed by atoms with Crippen LogP contribution in [0.4, 0.5) is 0 Å². The highest BCUT2D eigenvalue weighted by molar-refractivity contribution is 7.79. The van der Waals surface area contributed by atoms with Crippen LogP contribution in [0.1, 0.15) is 39.1 Å². The van der Waals surface area contributed by atoms with Crippen LogP contribution >= 0.6 is 7.14 Å². The lowest BCUT2D eigenvalue weighted by Crippen LogP contribution is -2.23. The second-order valence-corrected chi connectivity index (χ2v) is 11.2. The zero-order chi connectivity index (χ0) is 22.6. The third-order valence-electron chi connectivity index (χ3n) is 5.93. The van der Waals surface area contributed by atoms with Crippen molar-refractivity contribution in [1.29, 1.82) is 0 Å². The van der Waals surface area contributed by atoms with Crippen molar-refractivity contribution in [2.45, 2.75) is 25.9 Å².